The van der Waals surface area contributed by atoms with Gasteiger partial charge in [-0.15, -0.1) is 0 Å². The smallest absolute Gasteiger partial charge is 0.0705 e. The minimum absolute atomic E-state index is 0.746. The number of fused-ring (bicyclic) bond motifs is 1. The Balaban J connectivity index is 2.08. The molecule has 0 amide bonds. The third-order valence-electron chi connectivity index (χ3n) is 2.83. The molecule has 0 aliphatic rings. The highest BCUT2D eigenvalue weighted by atomic mass is 15.1. The molecule has 3 heteroatoms. The molecule has 0 atom stereocenters. The summed E-state index contributed by atoms with van der Waals surface area (Å²) < 4.78 is 0. The lowest BCUT2D eigenvalue weighted by Crippen LogP contribution is -2.21. The Morgan fingerprint density at radius 2 is 2.00 bits per heavy atom. The van der Waals surface area contributed by atoms with Crippen LogP contribution in [-0.2, 0) is 6.54 Å². The van der Waals surface area contributed by atoms with E-state index in [0.29, 0.717) is 0 Å². The summed E-state index contributed by atoms with van der Waals surface area (Å²) in [6, 6.07) is 12.4. The number of pyridine rings is 1. The number of aromatic nitrogens is 1. The molecule has 0 unspecified atom stereocenters. The lowest BCUT2D eigenvalue weighted by molar-refractivity contribution is 0.320. The Bertz CT molecular complexity index is 482. The van der Waals surface area contributed by atoms with Crippen LogP contribution in [0.25, 0.3) is 10.9 Å². The van der Waals surface area contributed by atoms with Crippen LogP contribution in [0.3, 0.4) is 0 Å². The molecule has 2 rings (SSSR count). The predicted molar refractivity (Wildman–Crippen MR) is 71.7 cm³/mol. The summed E-state index contributed by atoms with van der Waals surface area (Å²) in [5.74, 6) is 0. The van der Waals surface area contributed by atoms with E-state index in [0.717, 1.165) is 37.3 Å². The first-order valence-electron chi connectivity index (χ1n) is 6.03. The molecule has 90 valence electrons. The fraction of sp³-hybridized carbons (Fsp3) is 0.357. The van der Waals surface area contributed by atoms with E-state index in [2.05, 4.69) is 41.2 Å². The third-order valence-corrected chi connectivity index (χ3v) is 2.83. The van der Waals surface area contributed by atoms with Gasteiger partial charge in [-0.05, 0) is 38.7 Å². The van der Waals surface area contributed by atoms with Gasteiger partial charge in [0, 0.05) is 11.9 Å². The number of rotatable bonds is 5. The molecule has 2 aromatic rings. The van der Waals surface area contributed by atoms with Gasteiger partial charge in [0.25, 0.3) is 0 Å². The van der Waals surface area contributed by atoms with Crippen LogP contribution in [0.4, 0.5) is 0 Å². The maximum atomic E-state index is 5.50. The van der Waals surface area contributed by atoms with Gasteiger partial charge in [-0.25, -0.2) is 0 Å². The number of nitrogens with two attached hydrogens (primary N) is 1. The topological polar surface area (TPSA) is 42.1 Å². The number of hydrogen-bond donors (Lipinski definition) is 1. The summed E-state index contributed by atoms with van der Waals surface area (Å²) >= 11 is 0. The zero-order chi connectivity index (χ0) is 12.1. The fourth-order valence-corrected chi connectivity index (χ4v) is 1.91. The van der Waals surface area contributed by atoms with Crippen LogP contribution in [0.15, 0.2) is 36.4 Å². The molecule has 17 heavy (non-hydrogen) atoms. The van der Waals surface area contributed by atoms with Crippen LogP contribution < -0.4 is 5.73 Å². The molecule has 3 nitrogen and oxygen atoms in total. The molecule has 0 saturated heterocycles. The lowest BCUT2D eigenvalue weighted by atomic mass is 10.2. The van der Waals surface area contributed by atoms with Crippen molar-refractivity contribution >= 4 is 10.9 Å². The second-order valence-electron chi connectivity index (χ2n) is 4.38. The summed E-state index contributed by atoms with van der Waals surface area (Å²) in [6.45, 7) is 2.64. The molecule has 2 N–H and O–H groups in total. The Hall–Kier alpha value is -1.45. The summed E-state index contributed by atoms with van der Waals surface area (Å²) in [4.78, 5) is 6.90. The Morgan fingerprint density at radius 3 is 2.82 bits per heavy atom. The minimum atomic E-state index is 0.746. The van der Waals surface area contributed by atoms with Crippen molar-refractivity contribution in [2.45, 2.75) is 13.0 Å². The highest BCUT2D eigenvalue weighted by Crippen LogP contribution is 2.12. The second kappa shape index (κ2) is 5.75. The van der Waals surface area contributed by atoms with Crippen LogP contribution in [-0.4, -0.2) is 30.0 Å². The molecule has 0 saturated carbocycles. The van der Waals surface area contributed by atoms with Gasteiger partial charge < -0.3 is 10.6 Å². The zero-order valence-electron chi connectivity index (χ0n) is 10.3. The molecule has 0 aliphatic carbocycles. The van der Waals surface area contributed by atoms with Crippen LogP contribution in [0.2, 0.25) is 0 Å². The molecule has 1 aromatic heterocycles. The van der Waals surface area contributed by atoms with Crippen molar-refractivity contribution in [3.8, 4) is 0 Å². The third kappa shape index (κ3) is 3.25. The van der Waals surface area contributed by atoms with E-state index >= 15 is 0 Å². The van der Waals surface area contributed by atoms with Crippen LogP contribution in [0, 0.1) is 0 Å². The lowest BCUT2D eigenvalue weighted by Gasteiger charge is -2.15. The van der Waals surface area contributed by atoms with Gasteiger partial charge in [-0.2, -0.15) is 0 Å². The van der Waals surface area contributed by atoms with E-state index < -0.39 is 0 Å². The summed E-state index contributed by atoms with van der Waals surface area (Å²) in [6.07, 6.45) is 1.03. The average Bonchev–Trinajstić information content (AvgIpc) is 2.36. The van der Waals surface area contributed by atoms with Crippen molar-refractivity contribution in [1.82, 2.24) is 9.88 Å². The van der Waals surface area contributed by atoms with Crippen molar-refractivity contribution < 1.29 is 0 Å². The van der Waals surface area contributed by atoms with Gasteiger partial charge in [-0.3, -0.25) is 4.98 Å². The van der Waals surface area contributed by atoms with Crippen molar-refractivity contribution in [1.29, 1.82) is 0 Å². The molecule has 0 radical (unpaired) electrons. The maximum absolute atomic E-state index is 5.50. The van der Waals surface area contributed by atoms with Gasteiger partial charge in [0.1, 0.15) is 0 Å². The van der Waals surface area contributed by atoms with E-state index in [1.54, 1.807) is 0 Å². The Kier molecular flexibility index (Phi) is 4.07. The van der Waals surface area contributed by atoms with Crippen molar-refractivity contribution in [3.05, 3.63) is 42.1 Å². The Morgan fingerprint density at radius 1 is 1.18 bits per heavy atom. The molecule has 0 bridgehead atoms. The number of hydrogen-bond acceptors (Lipinski definition) is 3. The van der Waals surface area contributed by atoms with Crippen LogP contribution in [0.5, 0.6) is 0 Å². The van der Waals surface area contributed by atoms with Crippen molar-refractivity contribution in [3.63, 3.8) is 0 Å². The van der Waals surface area contributed by atoms with E-state index in [1.165, 1.54) is 5.39 Å². The van der Waals surface area contributed by atoms with Crippen LogP contribution in [0.1, 0.15) is 12.1 Å². The molecule has 1 aromatic carbocycles. The predicted octanol–water partition coefficient (Wildman–Crippen LogP) is 2.02. The highest BCUT2D eigenvalue weighted by molar-refractivity contribution is 5.78. The molecule has 0 aliphatic heterocycles. The number of nitrogens with zero attached hydrogens (tertiary/aromatic N) is 2. The first-order chi connectivity index (χ1) is 8.29. The van der Waals surface area contributed by atoms with Gasteiger partial charge in [0.2, 0.25) is 0 Å². The minimum Gasteiger partial charge on any atom is -0.330 e. The quantitative estimate of drug-likeness (QED) is 0.853. The maximum Gasteiger partial charge on any atom is 0.0705 e. The van der Waals surface area contributed by atoms with Gasteiger partial charge in [0.05, 0.1) is 11.2 Å². The van der Waals surface area contributed by atoms with E-state index in [-0.39, 0.29) is 0 Å². The second-order valence-corrected chi connectivity index (χ2v) is 4.38. The highest BCUT2D eigenvalue weighted by Gasteiger charge is 2.02. The normalized spacial score (nSPS) is 11.2. The summed E-state index contributed by atoms with van der Waals surface area (Å²) in [5, 5.41) is 1.20. The van der Waals surface area contributed by atoms with E-state index in [1.807, 2.05) is 12.1 Å². The van der Waals surface area contributed by atoms with Gasteiger partial charge >= 0.3 is 0 Å². The number of benzene rings is 1. The molecule has 0 fully saturated rings. The number of para-hydroxylation sites is 1. The first-order valence-corrected chi connectivity index (χ1v) is 6.03. The summed E-state index contributed by atoms with van der Waals surface area (Å²) in [5.41, 5.74) is 7.68. The monoisotopic (exact) mass is 229 g/mol. The SMILES string of the molecule is CN(CCCN)Cc1ccc2ccccc2n1. The zero-order valence-corrected chi connectivity index (χ0v) is 10.3. The summed E-state index contributed by atoms with van der Waals surface area (Å²) in [7, 11) is 2.10. The van der Waals surface area contributed by atoms with Gasteiger partial charge in [-0.1, -0.05) is 24.3 Å². The molecular formula is C14H19N3. The Labute approximate surface area is 102 Å². The standard InChI is InChI=1S/C14H19N3/c1-17(10-4-9-15)11-13-8-7-12-5-2-3-6-14(12)16-13/h2-3,5-8H,4,9-11,15H2,1H3. The molecule has 1 heterocycles. The van der Waals surface area contributed by atoms with Crippen LogP contribution >= 0.6 is 0 Å². The van der Waals surface area contributed by atoms with E-state index in [9.17, 15) is 0 Å². The van der Waals surface area contributed by atoms with Gasteiger partial charge in [0.15, 0.2) is 0 Å². The van der Waals surface area contributed by atoms with Crippen molar-refractivity contribution in [2.24, 2.45) is 5.73 Å². The van der Waals surface area contributed by atoms with Crippen molar-refractivity contribution in [2.75, 3.05) is 20.1 Å². The average molecular weight is 229 g/mol. The first kappa shape index (κ1) is 12.0. The molecular weight excluding hydrogens is 210 g/mol. The molecule has 0 spiro atoms. The van der Waals surface area contributed by atoms with E-state index in [4.69, 9.17) is 5.73 Å². The largest absolute Gasteiger partial charge is 0.330 e. The fourth-order valence-electron chi connectivity index (χ4n) is 1.91.